The van der Waals surface area contributed by atoms with Crippen molar-refractivity contribution in [2.75, 3.05) is 16.0 Å². The molecule has 0 atom stereocenters. The molecule has 28 heavy (non-hydrogen) atoms. The van der Waals surface area contributed by atoms with Gasteiger partial charge in [0.15, 0.2) is 0 Å². The molecule has 0 spiro atoms. The summed E-state index contributed by atoms with van der Waals surface area (Å²) in [6, 6.07) is 13.1. The maximum absolute atomic E-state index is 12.4. The van der Waals surface area contributed by atoms with Crippen LogP contribution in [0.5, 0.6) is 0 Å². The van der Waals surface area contributed by atoms with Gasteiger partial charge in [-0.15, -0.1) is 0 Å². The lowest BCUT2D eigenvalue weighted by Gasteiger charge is -2.10. The van der Waals surface area contributed by atoms with Crippen molar-refractivity contribution >= 4 is 34.7 Å². The standard InChI is InChI=1S/C21H21N5O2/c1-13-4-5-14(2)18(10-13)26-21(28)19-11-23-20(12-22-19)25-17-8-6-16(7-9-17)24-15(3)27/h4-12H,1-3H3,(H,23,25)(H,24,27)(H,26,28). The summed E-state index contributed by atoms with van der Waals surface area (Å²) in [5.41, 5.74) is 4.53. The minimum absolute atomic E-state index is 0.124. The zero-order chi connectivity index (χ0) is 20.1. The average molecular weight is 375 g/mol. The maximum Gasteiger partial charge on any atom is 0.275 e. The highest BCUT2D eigenvalue weighted by atomic mass is 16.2. The summed E-state index contributed by atoms with van der Waals surface area (Å²) >= 11 is 0. The third-order valence-electron chi connectivity index (χ3n) is 4.00. The Kier molecular flexibility index (Phi) is 5.64. The van der Waals surface area contributed by atoms with Crippen LogP contribution in [-0.4, -0.2) is 21.8 Å². The van der Waals surface area contributed by atoms with Crippen LogP contribution in [0.1, 0.15) is 28.5 Å². The molecule has 0 radical (unpaired) electrons. The van der Waals surface area contributed by atoms with Crippen LogP contribution in [0.25, 0.3) is 0 Å². The molecule has 0 saturated heterocycles. The van der Waals surface area contributed by atoms with E-state index in [2.05, 4.69) is 25.9 Å². The number of amides is 2. The fraction of sp³-hybridized carbons (Fsp3) is 0.143. The first-order valence-corrected chi connectivity index (χ1v) is 8.76. The SMILES string of the molecule is CC(=O)Nc1ccc(Nc2cnc(C(=O)Nc3cc(C)ccc3C)cn2)cc1. The molecule has 3 rings (SSSR count). The molecule has 3 aromatic rings. The third-order valence-corrected chi connectivity index (χ3v) is 4.00. The Labute approximate surface area is 163 Å². The van der Waals surface area contributed by atoms with E-state index in [1.165, 1.54) is 19.3 Å². The third kappa shape index (κ3) is 4.91. The molecule has 7 heteroatoms. The molecule has 3 N–H and O–H groups in total. The van der Waals surface area contributed by atoms with Crippen LogP contribution in [-0.2, 0) is 4.79 Å². The Morgan fingerprint density at radius 1 is 0.857 bits per heavy atom. The summed E-state index contributed by atoms with van der Waals surface area (Å²) in [4.78, 5) is 31.9. The van der Waals surface area contributed by atoms with Gasteiger partial charge in [-0.25, -0.2) is 9.97 Å². The second-order valence-corrected chi connectivity index (χ2v) is 6.44. The molecule has 2 amide bonds. The number of hydrogen-bond donors (Lipinski definition) is 3. The number of nitrogens with zero attached hydrogens (tertiary/aromatic N) is 2. The van der Waals surface area contributed by atoms with Gasteiger partial charge in [-0.2, -0.15) is 0 Å². The molecule has 7 nitrogen and oxygen atoms in total. The molecule has 0 aliphatic heterocycles. The van der Waals surface area contributed by atoms with Crippen molar-refractivity contribution in [3.8, 4) is 0 Å². The van der Waals surface area contributed by atoms with Gasteiger partial charge in [-0.05, 0) is 55.3 Å². The predicted molar refractivity (Wildman–Crippen MR) is 110 cm³/mol. The fourth-order valence-electron chi connectivity index (χ4n) is 2.55. The molecular formula is C21H21N5O2. The lowest BCUT2D eigenvalue weighted by molar-refractivity contribution is -0.114. The van der Waals surface area contributed by atoms with Crippen molar-refractivity contribution in [1.82, 2.24) is 9.97 Å². The Bertz CT molecular complexity index is 998. The number of anilines is 4. The van der Waals surface area contributed by atoms with Crippen LogP contribution in [0.4, 0.5) is 22.9 Å². The minimum atomic E-state index is -0.313. The van der Waals surface area contributed by atoms with Crippen LogP contribution in [0.3, 0.4) is 0 Å². The van der Waals surface area contributed by atoms with Gasteiger partial charge in [-0.1, -0.05) is 12.1 Å². The zero-order valence-electron chi connectivity index (χ0n) is 15.9. The monoisotopic (exact) mass is 375 g/mol. The zero-order valence-corrected chi connectivity index (χ0v) is 15.9. The van der Waals surface area contributed by atoms with Crippen LogP contribution in [0.15, 0.2) is 54.9 Å². The number of carbonyl (C=O) groups is 2. The largest absolute Gasteiger partial charge is 0.339 e. The van der Waals surface area contributed by atoms with E-state index in [9.17, 15) is 9.59 Å². The molecule has 0 saturated carbocycles. The topological polar surface area (TPSA) is 96.0 Å². The number of nitrogens with one attached hydrogen (secondary N) is 3. The second kappa shape index (κ2) is 8.30. The van der Waals surface area contributed by atoms with Crippen LogP contribution in [0, 0.1) is 13.8 Å². The summed E-state index contributed by atoms with van der Waals surface area (Å²) in [7, 11) is 0. The molecule has 142 valence electrons. The van der Waals surface area contributed by atoms with Crippen molar-refractivity contribution in [2.45, 2.75) is 20.8 Å². The van der Waals surface area contributed by atoms with E-state index in [4.69, 9.17) is 0 Å². The molecule has 0 aliphatic carbocycles. The van der Waals surface area contributed by atoms with Gasteiger partial charge >= 0.3 is 0 Å². The summed E-state index contributed by atoms with van der Waals surface area (Å²) in [6.45, 7) is 5.36. The molecule has 0 bridgehead atoms. The quantitative estimate of drug-likeness (QED) is 0.625. The van der Waals surface area contributed by atoms with Gasteiger partial charge in [0.2, 0.25) is 5.91 Å². The van der Waals surface area contributed by atoms with Crippen molar-refractivity contribution < 1.29 is 9.59 Å². The average Bonchev–Trinajstić information content (AvgIpc) is 2.66. The van der Waals surface area contributed by atoms with E-state index < -0.39 is 0 Å². The minimum Gasteiger partial charge on any atom is -0.339 e. The number of aryl methyl sites for hydroxylation is 2. The van der Waals surface area contributed by atoms with Gasteiger partial charge in [0.25, 0.3) is 5.91 Å². The van der Waals surface area contributed by atoms with E-state index in [-0.39, 0.29) is 17.5 Å². The molecule has 0 aliphatic rings. The van der Waals surface area contributed by atoms with Crippen molar-refractivity contribution in [2.24, 2.45) is 0 Å². The van der Waals surface area contributed by atoms with Crippen molar-refractivity contribution in [1.29, 1.82) is 0 Å². The summed E-state index contributed by atoms with van der Waals surface area (Å²) < 4.78 is 0. The molecule has 2 aromatic carbocycles. The number of hydrogen-bond acceptors (Lipinski definition) is 5. The van der Waals surface area contributed by atoms with E-state index in [0.717, 1.165) is 22.5 Å². The highest BCUT2D eigenvalue weighted by Crippen LogP contribution is 2.19. The van der Waals surface area contributed by atoms with Gasteiger partial charge in [0.1, 0.15) is 11.5 Å². The molecule has 1 heterocycles. The fourth-order valence-corrected chi connectivity index (χ4v) is 2.55. The Balaban J connectivity index is 1.65. The second-order valence-electron chi connectivity index (χ2n) is 6.44. The van der Waals surface area contributed by atoms with E-state index in [1.54, 1.807) is 12.1 Å². The van der Waals surface area contributed by atoms with Gasteiger partial charge in [0.05, 0.1) is 12.4 Å². The molecule has 1 aromatic heterocycles. The molecule has 0 fully saturated rings. The van der Waals surface area contributed by atoms with Crippen molar-refractivity contribution in [3.05, 3.63) is 71.7 Å². The number of aromatic nitrogens is 2. The van der Waals surface area contributed by atoms with Crippen LogP contribution >= 0.6 is 0 Å². The van der Waals surface area contributed by atoms with Gasteiger partial charge in [-0.3, -0.25) is 9.59 Å². The summed E-state index contributed by atoms with van der Waals surface area (Å²) in [5, 5.41) is 8.66. The Hall–Kier alpha value is -3.74. The van der Waals surface area contributed by atoms with Gasteiger partial charge < -0.3 is 16.0 Å². The van der Waals surface area contributed by atoms with E-state index >= 15 is 0 Å². The molecular weight excluding hydrogens is 354 g/mol. The summed E-state index contributed by atoms with van der Waals surface area (Å²) in [6.07, 6.45) is 2.92. The predicted octanol–water partition coefficient (Wildman–Crippen LogP) is 4.05. The smallest absolute Gasteiger partial charge is 0.275 e. The Morgan fingerprint density at radius 3 is 2.21 bits per heavy atom. The Morgan fingerprint density at radius 2 is 1.57 bits per heavy atom. The first-order chi connectivity index (χ1) is 13.4. The van der Waals surface area contributed by atoms with Crippen molar-refractivity contribution in [3.63, 3.8) is 0 Å². The highest BCUT2D eigenvalue weighted by molar-refractivity contribution is 6.03. The normalized spacial score (nSPS) is 10.2. The number of carbonyl (C=O) groups excluding carboxylic acids is 2. The van der Waals surface area contributed by atoms with Crippen LogP contribution in [0.2, 0.25) is 0 Å². The highest BCUT2D eigenvalue weighted by Gasteiger charge is 2.10. The van der Waals surface area contributed by atoms with Crippen LogP contribution < -0.4 is 16.0 Å². The first-order valence-electron chi connectivity index (χ1n) is 8.76. The summed E-state index contributed by atoms with van der Waals surface area (Å²) in [5.74, 6) is 0.0734. The van der Waals surface area contributed by atoms with Gasteiger partial charge in [0, 0.05) is 24.0 Å². The van der Waals surface area contributed by atoms with E-state index in [1.807, 2.05) is 44.2 Å². The first kappa shape index (κ1) is 19.0. The number of rotatable bonds is 5. The lowest BCUT2D eigenvalue weighted by Crippen LogP contribution is -2.15. The number of benzene rings is 2. The van der Waals surface area contributed by atoms with E-state index in [0.29, 0.717) is 11.5 Å². The molecule has 0 unspecified atom stereocenters. The lowest BCUT2D eigenvalue weighted by atomic mass is 10.1. The maximum atomic E-state index is 12.4.